The van der Waals surface area contributed by atoms with Crippen LogP contribution in [0.2, 0.25) is 0 Å². The Balaban J connectivity index is 0.00000338. The quantitative estimate of drug-likeness (QED) is 0.218. The van der Waals surface area contributed by atoms with Gasteiger partial charge in [-0.15, -0.1) is 35.3 Å². The second-order valence-corrected chi connectivity index (χ2v) is 7.20. The molecule has 1 unspecified atom stereocenters. The van der Waals surface area contributed by atoms with Crippen LogP contribution in [-0.2, 0) is 12.1 Å². The van der Waals surface area contributed by atoms with Crippen LogP contribution >= 0.6 is 35.3 Å². The molecular formula is C18H30IN5OS. The number of imidazole rings is 1. The average Bonchev–Trinajstić information content (AvgIpc) is 3.25. The van der Waals surface area contributed by atoms with Crippen LogP contribution in [0.4, 0.5) is 0 Å². The summed E-state index contributed by atoms with van der Waals surface area (Å²) in [6.45, 7) is 8.82. The fourth-order valence-electron chi connectivity index (χ4n) is 2.49. The molecule has 0 radical (unpaired) electrons. The third kappa shape index (κ3) is 7.24. The number of halogens is 1. The third-order valence-electron chi connectivity index (χ3n) is 3.98. The third-order valence-corrected chi connectivity index (χ3v) is 5.11. The molecule has 2 aromatic rings. The molecule has 0 aromatic carbocycles. The summed E-state index contributed by atoms with van der Waals surface area (Å²) in [4.78, 5) is 9.70. The minimum atomic E-state index is -0.935. The largest absolute Gasteiger partial charge is 0.383 e. The number of nitrogens with one attached hydrogen (secondary N) is 2. The molecule has 26 heavy (non-hydrogen) atoms. The number of guanidine groups is 1. The number of aryl methyl sites for hydroxylation is 2. The van der Waals surface area contributed by atoms with Crippen LogP contribution in [0.25, 0.3) is 0 Å². The predicted molar refractivity (Wildman–Crippen MR) is 119 cm³/mol. The second kappa shape index (κ2) is 11.6. The van der Waals surface area contributed by atoms with E-state index in [2.05, 4.69) is 25.2 Å². The van der Waals surface area contributed by atoms with Crippen molar-refractivity contribution < 1.29 is 5.11 Å². The van der Waals surface area contributed by atoms with Crippen molar-refractivity contribution in [3.63, 3.8) is 0 Å². The van der Waals surface area contributed by atoms with E-state index in [-0.39, 0.29) is 24.0 Å². The highest BCUT2D eigenvalue weighted by atomic mass is 127. The Morgan fingerprint density at radius 1 is 1.38 bits per heavy atom. The maximum Gasteiger partial charge on any atom is 0.191 e. The Bertz CT molecular complexity index is 654. The van der Waals surface area contributed by atoms with Crippen LogP contribution in [-0.4, -0.2) is 40.3 Å². The molecule has 3 N–H and O–H groups in total. The van der Waals surface area contributed by atoms with E-state index in [9.17, 15) is 5.11 Å². The summed E-state index contributed by atoms with van der Waals surface area (Å²) in [6.07, 6.45) is 5.98. The van der Waals surface area contributed by atoms with E-state index in [4.69, 9.17) is 0 Å². The Kier molecular flexibility index (Phi) is 10.2. The molecule has 0 aliphatic rings. The summed E-state index contributed by atoms with van der Waals surface area (Å²) in [7, 11) is 0. The molecule has 0 bridgehead atoms. The molecule has 0 saturated carbocycles. The molecule has 0 saturated heterocycles. The lowest BCUT2D eigenvalue weighted by atomic mass is 10.1. The first-order valence-corrected chi connectivity index (χ1v) is 9.67. The standard InChI is InChI=1S/C18H29N5OS.HI/c1-4-19-17(22-14-18(3,24)16-8-7-13-25-16)21-9-5-6-11-23-12-10-20-15(23)2;/h7-8,10,12-13,24H,4-6,9,11,14H2,1-3H3,(H2,19,21,22);1H. The molecule has 2 aromatic heterocycles. The van der Waals surface area contributed by atoms with Gasteiger partial charge < -0.3 is 20.3 Å². The van der Waals surface area contributed by atoms with E-state index in [0.29, 0.717) is 6.54 Å². The number of thiophene rings is 1. The zero-order valence-electron chi connectivity index (χ0n) is 15.7. The number of unbranched alkanes of at least 4 members (excludes halogenated alkanes) is 1. The van der Waals surface area contributed by atoms with E-state index in [1.807, 2.05) is 43.8 Å². The second-order valence-electron chi connectivity index (χ2n) is 6.25. The zero-order chi connectivity index (χ0) is 18.1. The van der Waals surface area contributed by atoms with Crippen LogP contribution in [0.15, 0.2) is 34.9 Å². The Morgan fingerprint density at radius 3 is 2.81 bits per heavy atom. The van der Waals surface area contributed by atoms with Gasteiger partial charge in [0.25, 0.3) is 0 Å². The molecule has 2 rings (SSSR count). The van der Waals surface area contributed by atoms with Crippen molar-refractivity contribution >= 4 is 41.3 Å². The maximum absolute atomic E-state index is 10.6. The lowest BCUT2D eigenvalue weighted by Gasteiger charge is -2.20. The van der Waals surface area contributed by atoms with Crippen LogP contribution in [0.5, 0.6) is 0 Å². The van der Waals surface area contributed by atoms with Crippen molar-refractivity contribution in [1.29, 1.82) is 0 Å². The van der Waals surface area contributed by atoms with Gasteiger partial charge in [-0.3, -0.25) is 0 Å². The molecule has 0 amide bonds. The van der Waals surface area contributed by atoms with Gasteiger partial charge in [0.2, 0.25) is 0 Å². The van der Waals surface area contributed by atoms with Crippen LogP contribution in [0.3, 0.4) is 0 Å². The van der Waals surface area contributed by atoms with Crippen molar-refractivity contribution in [3.05, 3.63) is 40.6 Å². The minimum absolute atomic E-state index is 0. The normalized spacial score (nSPS) is 13.8. The molecule has 0 aliphatic carbocycles. The van der Waals surface area contributed by atoms with E-state index >= 15 is 0 Å². The van der Waals surface area contributed by atoms with Gasteiger partial charge in [0, 0.05) is 36.9 Å². The van der Waals surface area contributed by atoms with E-state index in [0.717, 1.165) is 49.1 Å². The number of rotatable bonds is 9. The van der Waals surface area contributed by atoms with Crippen molar-refractivity contribution in [1.82, 2.24) is 20.2 Å². The summed E-state index contributed by atoms with van der Waals surface area (Å²) in [5.41, 5.74) is -0.935. The Morgan fingerprint density at radius 2 is 2.19 bits per heavy atom. The van der Waals surface area contributed by atoms with Crippen molar-refractivity contribution in [2.24, 2.45) is 4.99 Å². The Labute approximate surface area is 177 Å². The molecule has 6 nitrogen and oxygen atoms in total. The summed E-state index contributed by atoms with van der Waals surface area (Å²) < 4.78 is 2.16. The zero-order valence-corrected chi connectivity index (χ0v) is 18.9. The van der Waals surface area contributed by atoms with Crippen molar-refractivity contribution in [2.45, 2.75) is 45.8 Å². The van der Waals surface area contributed by atoms with Crippen molar-refractivity contribution in [3.8, 4) is 0 Å². The molecule has 8 heteroatoms. The topological polar surface area (TPSA) is 74.5 Å². The molecule has 0 spiro atoms. The molecule has 0 fully saturated rings. The van der Waals surface area contributed by atoms with Gasteiger partial charge in [-0.05, 0) is 45.1 Å². The molecule has 1 atom stereocenters. The predicted octanol–water partition coefficient (Wildman–Crippen LogP) is 3.11. The molecule has 0 aliphatic heterocycles. The number of aliphatic hydroxyl groups is 1. The van der Waals surface area contributed by atoms with Gasteiger partial charge in [-0.2, -0.15) is 0 Å². The van der Waals surface area contributed by atoms with Gasteiger partial charge in [-0.1, -0.05) is 6.07 Å². The smallest absolute Gasteiger partial charge is 0.191 e. The van der Waals surface area contributed by atoms with E-state index in [1.54, 1.807) is 18.3 Å². The molecule has 2 heterocycles. The fraction of sp³-hybridized carbons (Fsp3) is 0.556. The number of aliphatic imine (C=N–C) groups is 1. The van der Waals surface area contributed by atoms with Gasteiger partial charge in [-0.25, -0.2) is 9.98 Å². The summed E-state index contributed by atoms with van der Waals surface area (Å²) in [5, 5.41) is 19.1. The van der Waals surface area contributed by atoms with Crippen molar-refractivity contribution in [2.75, 3.05) is 19.6 Å². The van der Waals surface area contributed by atoms with Gasteiger partial charge in [0.1, 0.15) is 11.4 Å². The van der Waals surface area contributed by atoms with Crippen LogP contribution in [0.1, 0.15) is 37.4 Å². The molecule has 146 valence electrons. The van der Waals surface area contributed by atoms with Crippen LogP contribution in [0, 0.1) is 6.92 Å². The summed E-state index contributed by atoms with van der Waals surface area (Å²) >= 11 is 1.55. The first-order chi connectivity index (χ1) is 12.0. The first-order valence-electron chi connectivity index (χ1n) is 8.79. The highest BCUT2D eigenvalue weighted by Crippen LogP contribution is 2.25. The molecular weight excluding hydrogens is 461 g/mol. The maximum atomic E-state index is 10.6. The average molecular weight is 491 g/mol. The summed E-state index contributed by atoms with van der Waals surface area (Å²) in [6, 6.07) is 3.89. The number of hydrogen-bond acceptors (Lipinski definition) is 4. The lowest BCUT2D eigenvalue weighted by molar-refractivity contribution is 0.0711. The van der Waals surface area contributed by atoms with E-state index in [1.165, 1.54) is 0 Å². The van der Waals surface area contributed by atoms with E-state index < -0.39 is 5.60 Å². The Hall–Kier alpha value is -1.13. The first kappa shape index (κ1) is 22.9. The van der Waals surface area contributed by atoms with Crippen LogP contribution < -0.4 is 10.6 Å². The summed E-state index contributed by atoms with van der Waals surface area (Å²) in [5.74, 6) is 1.80. The monoisotopic (exact) mass is 491 g/mol. The minimum Gasteiger partial charge on any atom is -0.383 e. The van der Waals surface area contributed by atoms with Gasteiger partial charge in [0.05, 0.1) is 6.54 Å². The highest BCUT2D eigenvalue weighted by molar-refractivity contribution is 14.0. The SMILES string of the molecule is CCNC(=NCC(C)(O)c1cccs1)NCCCCn1ccnc1C.I. The highest BCUT2D eigenvalue weighted by Gasteiger charge is 2.23. The number of hydrogen-bond donors (Lipinski definition) is 3. The number of nitrogens with zero attached hydrogens (tertiary/aromatic N) is 3. The lowest BCUT2D eigenvalue weighted by Crippen LogP contribution is -2.39. The number of aromatic nitrogens is 2. The van der Waals surface area contributed by atoms with Gasteiger partial charge >= 0.3 is 0 Å². The van der Waals surface area contributed by atoms with Gasteiger partial charge in [0.15, 0.2) is 5.96 Å². The fourth-order valence-corrected chi connectivity index (χ4v) is 3.27.